The third-order valence-corrected chi connectivity index (χ3v) is 4.36. The predicted molar refractivity (Wildman–Crippen MR) is 112 cm³/mol. The molecule has 3 amide bonds. The minimum Gasteiger partial charge on any atom is -0.490 e. The Bertz CT molecular complexity index is 1070. The van der Waals surface area contributed by atoms with Crippen LogP contribution in [0.5, 0.6) is 11.5 Å². The topological polar surface area (TPSA) is 100 Å². The number of amides is 3. The van der Waals surface area contributed by atoms with Crippen molar-refractivity contribution < 1.29 is 19.1 Å². The number of nitriles is 1. The van der Waals surface area contributed by atoms with Crippen LogP contribution in [-0.2, 0) is 17.8 Å². The molecule has 0 spiro atoms. The van der Waals surface area contributed by atoms with Crippen LogP contribution in [0.1, 0.15) is 29.2 Å². The van der Waals surface area contributed by atoms with Crippen LogP contribution in [0.15, 0.2) is 54.8 Å². The lowest BCUT2D eigenvalue weighted by Gasteiger charge is -2.17. The van der Waals surface area contributed by atoms with Gasteiger partial charge in [-0.3, -0.25) is 10.1 Å². The molecule has 0 radical (unpaired) electrons. The Labute approximate surface area is 174 Å². The van der Waals surface area contributed by atoms with Gasteiger partial charge in [0.1, 0.15) is 12.3 Å². The Morgan fingerprint density at radius 2 is 1.93 bits per heavy atom. The molecule has 7 nitrogen and oxygen atoms in total. The van der Waals surface area contributed by atoms with E-state index in [1.165, 1.54) is 0 Å². The summed E-state index contributed by atoms with van der Waals surface area (Å²) in [6, 6.07) is 12.4. The molecule has 1 fully saturated rings. The molecule has 0 unspecified atom stereocenters. The molecule has 7 heteroatoms. The number of nitrogens with one attached hydrogen (secondary N) is 2. The lowest BCUT2D eigenvalue weighted by molar-refractivity contribution is -0.115. The van der Waals surface area contributed by atoms with E-state index in [0.29, 0.717) is 35.7 Å². The van der Waals surface area contributed by atoms with Gasteiger partial charge < -0.3 is 14.8 Å². The van der Waals surface area contributed by atoms with Gasteiger partial charge in [0.25, 0.3) is 5.91 Å². The van der Waals surface area contributed by atoms with Crippen molar-refractivity contribution >= 4 is 18.0 Å². The summed E-state index contributed by atoms with van der Waals surface area (Å²) in [6.07, 6.45) is 3.82. The normalized spacial score (nSPS) is 14.1. The van der Waals surface area contributed by atoms with Gasteiger partial charge in [0.05, 0.1) is 18.2 Å². The molecule has 1 saturated heterocycles. The van der Waals surface area contributed by atoms with Crippen molar-refractivity contribution in [1.82, 2.24) is 10.6 Å². The zero-order chi connectivity index (χ0) is 21.5. The van der Waals surface area contributed by atoms with Crippen molar-refractivity contribution in [3.63, 3.8) is 0 Å². The first-order valence-electron chi connectivity index (χ1n) is 9.41. The van der Waals surface area contributed by atoms with E-state index in [9.17, 15) is 14.9 Å². The van der Waals surface area contributed by atoms with Crippen molar-refractivity contribution in [1.29, 1.82) is 5.26 Å². The molecule has 1 aliphatic rings. The average Bonchev–Trinajstić information content (AvgIpc) is 3.04. The molecule has 3 rings (SSSR count). The fourth-order valence-electron chi connectivity index (χ4n) is 3.05. The number of allylic oxidation sites excluding steroid dienone is 1. The second-order valence-corrected chi connectivity index (χ2v) is 6.46. The number of hydrogen-bond acceptors (Lipinski definition) is 5. The Morgan fingerprint density at radius 3 is 2.60 bits per heavy atom. The van der Waals surface area contributed by atoms with Crippen molar-refractivity contribution in [2.24, 2.45) is 0 Å². The highest BCUT2D eigenvalue weighted by molar-refractivity contribution is 6.14. The third-order valence-electron chi connectivity index (χ3n) is 4.36. The molecule has 1 aliphatic heterocycles. The van der Waals surface area contributed by atoms with Gasteiger partial charge in [-0.05, 0) is 43.2 Å². The molecule has 0 saturated carbocycles. The highest BCUT2D eigenvalue weighted by Gasteiger charge is 2.23. The summed E-state index contributed by atoms with van der Waals surface area (Å²) in [5.41, 5.74) is 2.95. The smallest absolute Gasteiger partial charge is 0.326 e. The number of carbonyl (C=O) groups excluding carboxylic acids is 2. The summed E-state index contributed by atoms with van der Waals surface area (Å²) in [5.74, 6) is 0.561. The number of ether oxygens (including phenoxy) is 2. The van der Waals surface area contributed by atoms with Crippen molar-refractivity contribution in [3.8, 4) is 17.6 Å². The summed E-state index contributed by atoms with van der Waals surface area (Å²) in [7, 11) is 0. The molecular formula is C23H21N3O4. The van der Waals surface area contributed by atoms with E-state index >= 15 is 0 Å². The SMILES string of the molecule is C=CCc1cc(/C=C2\NC(=O)NC2=O)cc(OCC)c1OCc1ccccc1C#N. The van der Waals surface area contributed by atoms with Crippen LogP contribution in [0.2, 0.25) is 0 Å². The van der Waals surface area contributed by atoms with Crippen LogP contribution >= 0.6 is 0 Å². The minimum absolute atomic E-state index is 0.156. The quantitative estimate of drug-likeness (QED) is 0.399. The van der Waals surface area contributed by atoms with Crippen LogP contribution in [0.25, 0.3) is 6.08 Å². The maximum Gasteiger partial charge on any atom is 0.326 e. The fourth-order valence-corrected chi connectivity index (χ4v) is 3.05. The number of hydrogen-bond donors (Lipinski definition) is 2. The average molecular weight is 403 g/mol. The van der Waals surface area contributed by atoms with Crippen LogP contribution in [-0.4, -0.2) is 18.5 Å². The van der Waals surface area contributed by atoms with Gasteiger partial charge in [-0.2, -0.15) is 5.26 Å². The summed E-state index contributed by atoms with van der Waals surface area (Å²) in [6.45, 7) is 6.27. The van der Waals surface area contributed by atoms with Gasteiger partial charge >= 0.3 is 6.03 Å². The van der Waals surface area contributed by atoms with Gasteiger partial charge in [0.2, 0.25) is 0 Å². The van der Waals surface area contributed by atoms with E-state index in [-0.39, 0.29) is 12.3 Å². The van der Waals surface area contributed by atoms with Crippen molar-refractivity contribution in [2.75, 3.05) is 6.61 Å². The number of urea groups is 1. The van der Waals surface area contributed by atoms with E-state index in [1.54, 1.807) is 30.4 Å². The number of benzene rings is 2. The minimum atomic E-state index is -0.557. The molecule has 0 aromatic heterocycles. The van der Waals surface area contributed by atoms with E-state index in [0.717, 1.165) is 11.1 Å². The summed E-state index contributed by atoms with van der Waals surface area (Å²) in [4.78, 5) is 23.2. The highest BCUT2D eigenvalue weighted by atomic mass is 16.5. The Hall–Kier alpha value is -4.05. The molecule has 0 aliphatic carbocycles. The van der Waals surface area contributed by atoms with Gasteiger partial charge in [-0.1, -0.05) is 24.3 Å². The first kappa shape index (κ1) is 20.7. The molecule has 2 aromatic carbocycles. The van der Waals surface area contributed by atoms with Gasteiger partial charge in [-0.15, -0.1) is 6.58 Å². The molecule has 2 N–H and O–H groups in total. The Morgan fingerprint density at radius 1 is 1.13 bits per heavy atom. The number of carbonyl (C=O) groups is 2. The predicted octanol–water partition coefficient (Wildman–Crippen LogP) is 3.44. The number of rotatable bonds is 8. The summed E-state index contributed by atoms with van der Waals surface area (Å²) in [5, 5.41) is 13.9. The first-order valence-corrected chi connectivity index (χ1v) is 9.41. The standard InChI is InChI=1S/C23H21N3O4/c1-3-7-16-10-15(11-19-22(27)26-23(28)25-19)12-20(29-4-2)21(16)30-14-18-9-6-5-8-17(18)13-24/h3,5-6,8-12H,1,4,7,14H2,2H3,(H2,25,26,27,28)/b19-11-. The lowest BCUT2D eigenvalue weighted by Crippen LogP contribution is -2.22. The molecule has 152 valence electrons. The Kier molecular flexibility index (Phi) is 6.50. The van der Waals surface area contributed by atoms with E-state index in [2.05, 4.69) is 23.3 Å². The maximum atomic E-state index is 11.8. The Balaban J connectivity index is 1.98. The lowest BCUT2D eigenvalue weighted by atomic mass is 10.0. The van der Waals surface area contributed by atoms with Gasteiger partial charge in [0.15, 0.2) is 11.5 Å². The van der Waals surface area contributed by atoms with E-state index in [1.807, 2.05) is 25.1 Å². The van der Waals surface area contributed by atoms with Crippen molar-refractivity contribution in [3.05, 3.63) is 77.0 Å². The number of nitrogens with zero attached hydrogens (tertiary/aromatic N) is 1. The molecule has 1 heterocycles. The monoisotopic (exact) mass is 403 g/mol. The molecule has 0 bridgehead atoms. The zero-order valence-corrected chi connectivity index (χ0v) is 16.5. The third kappa shape index (κ3) is 4.67. The fraction of sp³-hybridized carbons (Fsp3) is 0.174. The first-order chi connectivity index (χ1) is 14.5. The zero-order valence-electron chi connectivity index (χ0n) is 16.5. The second-order valence-electron chi connectivity index (χ2n) is 6.46. The highest BCUT2D eigenvalue weighted by Crippen LogP contribution is 2.35. The molecule has 2 aromatic rings. The van der Waals surface area contributed by atoms with Gasteiger partial charge in [-0.25, -0.2) is 4.79 Å². The second kappa shape index (κ2) is 9.43. The largest absolute Gasteiger partial charge is 0.490 e. The van der Waals surface area contributed by atoms with E-state index in [4.69, 9.17) is 9.47 Å². The van der Waals surface area contributed by atoms with Crippen LogP contribution in [0.4, 0.5) is 4.79 Å². The van der Waals surface area contributed by atoms with E-state index < -0.39 is 11.9 Å². The van der Waals surface area contributed by atoms with Crippen molar-refractivity contribution in [2.45, 2.75) is 20.0 Å². The summed E-state index contributed by atoms with van der Waals surface area (Å²) < 4.78 is 11.9. The maximum absolute atomic E-state index is 11.8. The summed E-state index contributed by atoms with van der Waals surface area (Å²) >= 11 is 0. The molecule has 0 atom stereocenters. The number of imide groups is 1. The van der Waals surface area contributed by atoms with Gasteiger partial charge in [0, 0.05) is 11.1 Å². The van der Waals surface area contributed by atoms with Crippen LogP contribution in [0, 0.1) is 11.3 Å². The molecule has 30 heavy (non-hydrogen) atoms. The van der Waals surface area contributed by atoms with Crippen LogP contribution < -0.4 is 20.1 Å². The van der Waals surface area contributed by atoms with Crippen LogP contribution in [0.3, 0.4) is 0 Å². The molecular weight excluding hydrogens is 382 g/mol.